The van der Waals surface area contributed by atoms with E-state index in [1.54, 1.807) is 0 Å². The molecule has 4 atom stereocenters. The second kappa shape index (κ2) is 6.44. The van der Waals surface area contributed by atoms with Crippen LogP contribution in [-0.4, -0.2) is 62.8 Å². The fourth-order valence-electron chi connectivity index (χ4n) is 5.78. The molecule has 1 aromatic rings. The van der Waals surface area contributed by atoms with Crippen molar-refractivity contribution in [2.24, 2.45) is 11.3 Å². The molecule has 0 saturated heterocycles. The average molecular weight is 450 g/mol. The van der Waals surface area contributed by atoms with E-state index in [2.05, 4.69) is 9.72 Å². The lowest BCUT2D eigenvalue weighted by molar-refractivity contribution is -0.240. The van der Waals surface area contributed by atoms with Gasteiger partial charge in [-0.15, -0.1) is 0 Å². The van der Waals surface area contributed by atoms with Gasteiger partial charge in [0.05, 0.1) is 12.2 Å². The molecule has 4 aliphatic carbocycles. The summed E-state index contributed by atoms with van der Waals surface area (Å²) in [5, 5.41) is 5.90. The number of alkyl halides is 2. The van der Waals surface area contributed by atoms with Gasteiger partial charge in [-0.05, 0) is 38.0 Å². The van der Waals surface area contributed by atoms with Crippen LogP contribution >= 0.6 is 0 Å². The minimum atomic E-state index is -5.98. The Kier molecular flexibility index (Phi) is 4.53. The molecule has 4 unspecified atom stereocenters. The monoisotopic (exact) mass is 450 g/mol. The summed E-state index contributed by atoms with van der Waals surface area (Å²) in [5.41, 5.74) is -3.27. The number of imidazole rings is 1. The van der Waals surface area contributed by atoms with Crippen LogP contribution in [0.4, 0.5) is 13.6 Å². The molecule has 1 aromatic heterocycles. The zero-order chi connectivity index (χ0) is 22.0. The molecule has 30 heavy (non-hydrogen) atoms. The highest BCUT2D eigenvalue weighted by atomic mass is 32.2. The lowest BCUT2D eigenvalue weighted by Crippen LogP contribution is -2.65. The Bertz CT molecular complexity index is 984. The molecule has 4 bridgehead atoms. The molecule has 4 fully saturated rings. The van der Waals surface area contributed by atoms with Crippen LogP contribution in [0, 0.1) is 11.3 Å². The van der Waals surface area contributed by atoms with E-state index in [9.17, 15) is 31.9 Å². The Morgan fingerprint density at radius 1 is 1.23 bits per heavy atom. The number of halogens is 2. The summed E-state index contributed by atoms with van der Waals surface area (Å²) < 4.78 is 68.5. The van der Waals surface area contributed by atoms with E-state index in [4.69, 9.17) is 9.29 Å². The first-order valence-corrected chi connectivity index (χ1v) is 10.7. The van der Waals surface area contributed by atoms with Gasteiger partial charge in [0.25, 0.3) is 0 Å². The molecule has 0 aromatic carbocycles. The fourth-order valence-corrected chi connectivity index (χ4v) is 6.05. The van der Waals surface area contributed by atoms with E-state index >= 15 is 0 Å². The number of aromatic nitrogens is 2. The topological polar surface area (TPSA) is 145 Å². The zero-order valence-corrected chi connectivity index (χ0v) is 16.5. The Balaban J connectivity index is 1.54. The van der Waals surface area contributed by atoms with Gasteiger partial charge in [0.15, 0.2) is 0 Å². The molecular weight excluding hydrogens is 430 g/mol. The molecule has 0 radical (unpaired) electrons. The molecule has 0 spiro atoms. The van der Waals surface area contributed by atoms with Gasteiger partial charge < -0.3 is 14.6 Å². The van der Waals surface area contributed by atoms with E-state index in [0.717, 1.165) is 4.57 Å². The predicted molar refractivity (Wildman–Crippen MR) is 92.9 cm³/mol. The van der Waals surface area contributed by atoms with Crippen molar-refractivity contribution in [3.8, 4) is 0 Å². The van der Waals surface area contributed by atoms with Crippen LogP contribution in [-0.2, 0) is 24.4 Å². The van der Waals surface area contributed by atoms with E-state index in [-0.39, 0.29) is 25.2 Å². The molecule has 0 aliphatic heterocycles. The summed E-state index contributed by atoms with van der Waals surface area (Å²) in [6, 6.07) is 0. The number of carbonyl (C=O) groups excluding carboxylic acids is 2. The van der Waals surface area contributed by atoms with Crippen LogP contribution in [0.3, 0.4) is 0 Å². The Hall–Kier alpha value is -2.12. The van der Waals surface area contributed by atoms with Crippen LogP contribution in [0.25, 0.3) is 0 Å². The van der Waals surface area contributed by atoms with Crippen LogP contribution < -0.4 is 0 Å². The SMILES string of the molecule is O=C(OC12CC3CC(O)(CC(COC(=O)C(F)(F)S(=O)(=O)O)(C3)C1)C2)n1ccnc1. The number of nitrogens with zero attached hydrogens (tertiary/aromatic N) is 2. The normalized spacial score (nSPS) is 35.3. The number of aliphatic hydroxyl groups is 1. The van der Waals surface area contributed by atoms with Crippen molar-refractivity contribution >= 4 is 22.2 Å². The van der Waals surface area contributed by atoms with Gasteiger partial charge in [0.2, 0.25) is 0 Å². The number of hydrogen-bond acceptors (Lipinski definition) is 8. The van der Waals surface area contributed by atoms with Crippen molar-refractivity contribution in [2.75, 3.05) is 6.61 Å². The van der Waals surface area contributed by atoms with E-state index in [0.29, 0.717) is 19.3 Å². The second-order valence-corrected chi connectivity index (χ2v) is 10.3. The smallest absolute Gasteiger partial charge is 0.460 e. The fraction of sp³-hybridized carbons (Fsp3) is 0.706. The maximum absolute atomic E-state index is 13.5. The highest BCUT2D eigenvalue weighted by Crippen LogP contribution is 2.64. The Morgan fingerprint density at radius 2 is 1.97 bits per heavy atom. The summed E-state index contributed by atoms with van der Waals surface area (Å²) in [7, 11) is -5.98. The number of ether oxygens (including phenoxy) is 2. The molecule has 0 amide bonds. The zero-order valence-electron chi connectivity index (χ0n) is 15.7. The van der Waals surface area contributed by atoms with Crippen molar-refractivity contribution in [3.05, 3.63) is 18.7 Å². The largest absolute Gasteiger partial charge is 0.465 e. The first-order valence-electron chi connectivity index (χ1n) is 9.23. The molecule has 5 rings (SSSR count). The third kappa shape index (κ3) is 3.48. The van der Waals surface area contributed by atoms with Crippen LogP contribution in [0.5, 0.6) is 0 Å². The molecule has 4 saturated carbocycles. The highest BCUT2D eigenvalue weighted by Gasteiger charge is 2.65. The van der Waals surface area contributed by atoms with Crippen molar-refractivity contribution in [1.29, 1.82) is 0 Å². The third-order valence-corrected chi connectivity index (χ3v) is 7.01. The van der Waals surface area contributed by atoms with Crippen LogP contribution in [0.1, 0.15) is 38.5 Å². The second-order valence-electron chi connectivity index (χ2n) is 8.82. The summed E-state index contributed by atoms with van der Waals surface area (Å²) in [6.45, 7) is -0.597. The van der Waals surface area contributed by atoms with Gasteiger partial charge in [-0.2, -0.15) is 17.2 Å². The van der Waals surface area contributed by atoms with Crippen molar-refractivity contribution in [3.63, 3.8) is 0 Å². The molecule has 10 nitrogen and oxygen atoms in total. The summed E-state index contributed by atoms with van der Waals surface area (Å²) in [6.07, 6.45) is 5.13. The van der Waals surface area contributed by atoms with Gasteiger partial charge in [-0.25, -0.2) is 19.1 Å². The molecular formula is C17H20F2N2O8S. The summed E-state index contributed by atoms with van der Waals surface area (Å²) in [5.74, 6) is -2.49. The van der Waals surface area contributed by atoms with Crippen molar-refractivity contribution < 1.29 is 45.9 Å². The Labute approximate surface area is 169 Å². The van der Waals surface area contributed by atoms with E-state index in [1.165, 1.54) is 18.7 Å². The maximum Gasteiger partial charge on any atom is 0.465 e. The summed E-state index contributed by atoms with van der Waals surface area (Å²) in [4.78, 5) is 27.8. The number of hydrogen-bond donors (Lipinski definition) is 2. The van der Waals surface area contributed by atoms with Crippen molar-refractivity contribution in [1.82, 2.24) is 9.55 Å². The van der Waals surface area contributed by atoms with Crippen LogP contribution in [0.2, 0.25) is 0 Å². The van der Waals surface area contributed by atoms with Gasteiger partial charge >= 0.3 is 27.4 Å². The minimum absolute atomic E-state index is 0.0948. The van der Waals surface area contributed by atoms with Crippen LogP contribution in [0.15, 0.2) is 18.7 Å². The number of esters is 1. The quantitative estimate of drug-likeness (QED) is 0.501. The Morgan fingerprint density at radius 3 is 2.57 bits per heavy atom. The minimum Gasteiger partial charge on any atom is -0.460 e. The average Bonchev–Trinajstić information content (AvgIpc) is 3.10. The first-order chi connectivity index (χ1) is 13.8. The van der Waals surface area contributed by atoms with E-state index in [1.807, 2.05) is 0 Å². The number of carbonyl (C=O) groups is 2. The van der Waals surface area contributed by atoms with Gasteiger partial charge in [0, 0.05) is 24.2 Å². The first kappa shape index (κ1) is 21.1. The molecule has 4 aliphatic rings. The lowest BCUT2D eigenvalue weighted by atomic mass is 9.46. The van der Waals surface area contributed by atoms with E-state index < -0.39 is 50.7 Å². The third-order valence-electron chi connectivity index (χ3n) is 6.19. The maximum atomic E-state index is 13.5. The van der Waals surface area contributed by atoms with Crippen molar-refractivity contribution in [2.45, 2.75) is 55.0 Å². The standard InChI is InChI=1S/C17H20F2N2O8S/c18-17(19,30(25,26)27)12(22)28-9-14-3-11-4-15(24,6-14)8-16(5-11,7-14)29-13(23)21-2-1-20-10-21/h1-2,10-11,24H,3-9H2,(H,25,26,27). The van der Waals surface area contributed by atoms with Gasteiger partial charge in [-0.1, -0.05) is 0 Å². The molecule has 166 valence electrons. The highest BCUT2D eigenvalue weighted by molar-refractivity contribution is 7.87. The van der Waals surface area contributed by atoms with Gasteiger partial charge in [-0.3, -0.25) is 4.55 Å². The molecule has 1 heterocycles. The number of rotatable bonds is 5. The molecule has 13 heteroatoms. The predicted octanol–water partition coefficient (Wildman–Crippen LogP) is 1.35. The lowest BCUT2D eigenvalue weighted by Gasteiger charge is -2.63. The van der Waals surface area contributed by atoms with Gasteiger partial charge in [0.1, 0.15) is 11.9 Å². The molecule has 2 N–H and O–H groups in total. The summed E-state index contributed by atoms with van der Waals surface area (Å²) >= 11 is 0.